The summed E-state index contributed by atoms with van der Waals surface area (Å²) in [5, 5.41) is 13.8. The lowest BCUT2D eigenvalue weighted by Crippen LogP contribution is -2.14. The molecule has 6 heteroatoms. The lowest BCUT2D eigenvalue weighted by molar-refractivity contribution is 0.102. The van der Waals surface area contributed by atoms with Crippen molar-refractivity contribution in [1.29, 1.82) is 0 Å². The zero-order valence-corrected chi connectivity index (χ0v) is 13.4. The zero-order chi connectivity index (χ0) is 17.2. The van der Waals surface area contributed by atoms with Gasteiger partial charge in [-0.2, -0.15) is 0 Å². The van der Waals surface area contributed by atoms with Crippen LogP contribution in [-0.2, 0) is 0 Å². The number of nitrogens with zero attached hydrogens (tertiary/aromatic N) is 1. The van der Waals surface area contributed by atoms with Crippen molar-refractivity contribution in [1.82, 2.24) is 4.98 Å². The molecule has 2 heterocycles. The third-order valence-electron chi connectivity index (χ3n) is 3.95. The molecule has 1 aliphatic rings. The number of amides is 1. The number of anilines is 1. The second-order valence-electron chi connectivity index (χ2n) is 5.73. The molecule has 1 amide bonds. The van der Waals surface area contributed by atoms with Crippen molar-refractivity contribution in [2.75, 3.05) is 18.5 Å². The van der Waals surface area contributed by atoms with Gasteiger partial charge < -0.3 is 19.9 Å². The monoisotopic (exact) mass is 336 g/mol. The first-order valence-electron chi connectivity index (χ1n) is 7.99. The van der Waals surface area contributed by atoms with Crippen LogP contribution >= 0.6 is 0 Å². The van der Waals surface area contributed by atoms with Crippen LogP contribution in [0.1, 0.15) is 16.9 Å². The molecule has 0 saturated carbocycles. The Labute approximate surface area is 144 Å². The van der Waals surface area contributed by atoms with Gasteiger partial charge in [0.05, 0.1) is 13.2 Å². The number of aromatic nitrogens is 1. The number of ether oxygens (including phenoxy) is 2. The standard InChI is InChI=1S/C19H16N2O4/c22-14-4-1-3-13(10-14)21-19(23)18-15-11-17-16(24-7-2-8-25-17)9-12(15)5-6-20-18/h1,3-6,9-11,22H,2,7-8H2,(H,21,23). The minimum atomic E-state index is -0.356. The molecule has 1 aliphatic heterocycles. The summed E-state index contributed by atoms with van der Waals surface area (Å²) in [7, 11) is 0. The minimum absolute atomic E-state index is 0.0829. The molecule has 126 valence electrons. The average molecular weight is 336 g/mol. The van der Waals surface area contributed by atoms with Gasteiger partial charge in [-0.15, -0.1) is 0 Å². The molecule has 0 radical (unpaired) electrons. The highest BCUT2D eigenvalue weighted by Gasteiger charge is 2.17. The van der Waals surface area contributed by atoms with E-state index in [0.29, 0.717) is 35.8 Å². The Morgan fingerprint density at radius 1 is 1.08 bits per heavy atom. The van der Waals surface area contributed by atoms with Crippen LogP contribution in [0.25, 0.3) is 10.8 Å². The third-order valence-corrected chi connectivity index (χ3v) is 3.95. The Bertz CT molecular complexity index is 955. The van der Waals surface area contributed by atoms with Gasteiger partial charge >= 0.3 is 0 Å². The Kier molecular flexibility index (Phi) is 3.85. The molecule has 0 atom stereocenters. The molecule has 2 aromatic carbocycles. The molecule has 3 aromatic rings. The van der Waals surface area contributed by atoms with Crippen molar-refractivity contribution in [3.63, 3.8) is 0 Å². The second-order valence-corrected chi connectivity index (χ2v) is 5.73. The first kappa shape index (κ1) is 15.3. The number of phenolic OH excluding ortho intramolecular Hbond substituents is 1. The van der Waals surface area contributed by atoms with Gasteiger partial charge in [0.25, 0.3) is 5.91 Å². The number of phenols is 1. The van der Waals surface area contributed by atoms with E-state index in [1.54, 1.807) is 30.5 Å². The van der Waals surface area contributed by atoms with E-state index in [4.69, 9.17) is 9.47 Å². The molecule has 0 aliphatic carbocycles. The van der Waals surface area contributed by atoms with Crippen LogP contribution in [-0.4, -0.2) is 29.2 Å². The first-order valence-corrected chi connectivity index (χ1v) is 7.99. The number of benzene rings is 2. The van der Waals surface area contributed by atoms with Crippen LogP contribution in [0.4, 0.5) is 5.69 Å². The fourth-order valence-electron chi connectivity index (χ4n) is 2.78. The Morgan fingerprint density at radius 2 is 1.88 bits per heavy atom. The Hall–Kier alpha value is -3.28. The number of rotatable bonds is 2. The van der Waals surface area contributed by atoms with E-state index in [1.165, 1.54) is 6.07 Å². The molecule has 0 fully saturated rings. The predicted octanol–water partition coefficient (Wildman–Crippen LogP) is 3.35. The van der Waals surface area contributed by atoms with Crippen molar-refractivity contribution in [2.24, 2.45) is 0 Å². The lowest BCUT2D eigenvalue weighted by atomic mass is 10.1. The summed E-state index contributed by atoms with van der Waals surface area (Å²) in [6, 6.07) is 11.9. The smallest absolute Gasteiger partial charge is 0.274 e. The van der Waals surface area contributed by atoms with Crippen molar-refractivity contribution < 1.29 is 19.4 Å². The number of carbonyl (C=O) groups excluding carboxylic acids is 1. The number of hydrogen-bond donors (Lipinski definition) is 2. The zero-order valence-electron chi connectivity index (χ0n) is 13.4. The largest absolute Gasteiger partial charge is 0.508 e. The summed E-state index contributed by atoms with van der Waals surface area (Å²) in [6.07, 6.45) is 2.40. The van der Waals surface area contributed by atoms with Crippen LogP contribution in [0.15, 0.2) is 48.7 Å². The topological polar surface area (TPSA) is 80.7 Å². The lowest BCUT2D eigenvalue weighted by Gasteiger charge is -2.11. The van der Waals surface area contributed by atoms with Crippen LogP contribution in [0.2, 0.25) is 0 Å². The SMILES string of the molecule is O=C(Nc1cccc(O)c1)c1nccc2cc3c(cc12)OCCCO3. The number of nitrogens with one attached hydrogen (secondary N) is 1. The molecule has 4 rings (SSSR count). The number of hydrogen-bond acceptors (Lipinski definition) is 5. The maximum atomic E-state index is 12.6. The fourth-order valence-corrected chi connectivity index (χ4v) is 2.78. The van der Waals surface area contributed by atoms with Gasteiger partial charge in [0, 0.05) is 29.8 Å². The molecule has 0 saturated heterocycles. The van der Waals surface area contributed by atoms with E-state index in [2.05, 4.69) is 10.3 Å². The highest BCUT2D eigenvalue weighted by atomic mass is 16.5. The van der Waals surface area contributed by atoms with E-state index in [-0.39, 0.29) is 17.4 Å². The molecular formula is C19H16N2O4. The summed E-state index contributed by atoms with van der Waals surface area (Å²) in [4.78, 5) is 16.9. The molecule has 6 nitrogen and oxygen atoms in total. The molecule has 25 heavy (non-hydrogen) atoms. The van der Waals surface area contributed by atoms with Gasteiger partial charge in [-0.25, -0.2) is 0 Å². The minimum Gasteiger partial charge on any atom is -0.508 e. The van der Waals surface area contributed by atoms with Gasteiger partial charge in [-0.1, -0.05) is 6.07 Å². The Morgan fingerprint density at radius 3 is 2.68 bits per heavy atom. The number of pyridine rings is 1. The highest BCUT2D eigenvalue weighted by Crippen LogP contribution is 2.35. The van der Waals surface area contributed by atoms with E-state index in [9.17, 15) is 9.90 Å². The van der Waals surface area contributed by atoms with E-state index in [1.807, 2.05) is 12.1 Å². The van der Waals surface area contributed by atoms with Crippen molar-refractivity contribution in [3.8, 4) is 17.2 Å². The van der Waals surface area contributed by atoms with Crippen LogP contribution < -0.4 is 14.8 Å². The number of carbonyl (C=O) groups is 1. The third kappa shape index (κ3) is 3.06. The van der Waals surface area contributed by atoms with Crippen molar-refractivity contribution >= 4 is 22.4 Å². The first-order chi connectivity index (χ1) is 12.2. The van der Waals surface area contributed by atoms with Crippen molar-refractivity contribution in [2.45, 2.75) is 6.42 Å². The Balaban J connectivity index is 1.73. The quantitative estimate of drug-likeness (QED) is 0.750. The van der Waals surface area contributed by atoms with Gasteiger partial charge in [0.2, 0.25) is 0 Å². The molecule has 0 unspecified atom stereocenters. The second kappa shape index (κ2) is 6.32. The summed E-state index contributed by atoms with van der Waals surface area (Å²) in [5.74, 6) is 1.02. The summed E-state index contributed by atoms with van der Waals surface area (Å²) < 4.78 is 11.4. The van der Waals surface area contributed by atoms with Gasteiger partial charge in [-0.3, -0.25) is 9.78 Å². The van der Waals surface area contributed by atoms with E-state index in [0.717, 1.165) is 11.8 Å². The van der Waals surface area contributed by atoms with E-state index >= 15 is 0 Å². The predicted molar refractivity (Wildman–Crippen MR) is 93.4 cm³/mol. The van der Waals surface area contributed by atoms with Crippen LogP contribution in [0.5, 0.6) is 17.2 Å². The summed E-state index contributed by atoms with van der Waals surface area (Å²) in [6.45, 7) is 1.18. The normalized spacial score (nSPS) is 13.3. The van der Waals surface area contributed by atoms with Crippen LogP contribution in [0, 0.1) is 0 Å². The summed E-state index contributed by atoms with van der Waals surface area (Å²) >= 11 is 0. The van der Waals surface area contributed by atoms with Gasteiger partial charge in [-0.05, 0) is 35.7 Å². The summed E-state index contributed by atoms with van der Waals surface area (Å²) in [5.41, 5.74) is 0.787. The van der Waals surface area contributed by atoms with Gasteiger partial charge in [0.15, 0.2) is 11.5 Å². The number of aromatic hydroxyl groups is 1. The molecule has 1 aromatic heterocycles. The molecular weight excluding hydrogens is 320 g/mol. The maximum absolute atomic E-state index is 12.6. The average Bonchev–Trinajstić information content (AvgIpc) is 2.84. The molecule has 2 N–H and O–H groups in total. The van der Waals surface area contributed by atoms with Crippen molar-refractivity contribution in [3.05, 3.63) is 54.4 Å². The fraction of sp³-hybridized carbons (Fsp3) is 0.158. The number of fused-ring (bicyclic) bond motifs is 2. The maximum Gasteiger partial charge on any atom is 0.274 e. The molecule has 0 bridgehead atoms. The highest BCUT2D eigenvalue weighted by molar-refractivity contribution is 6.11. The van der Waals surface area contributed by atoms with Gasteiger partial charge in [0.1, 0.15) is 11.4 Å². The van der Waals surface area contributed by atoms with Crippen LogP contribution in [0.3, 0.4) is 0 Å². The molecule has 0 spiro atoms. The van der Waals surface area contributed by atoms with E-state index < -0.39 is 0 Å².